The average molecular weight is 226 g/mol. The first kappa shape index (κ1) is 11.4. The van der Waals surface area contributed by atoms with Gasteiger partial charge in [0.15, 0.2) is 0 Å². The number of hydrogen-bond donors (Lipinski definition) is 1. The molecule has 5 nitrogen and oxygen atoms in total. The maximum absolute atomic E-state index is 11.7. The van der Waals surface area contributed by atoms with E-state index < -0.39 is 0 Å². The Morgan fingerprint density at radius 1 is 1.44 bits per heavy atom. The Morgan fingerprint density at radius 3 is 2.88 bits per heavy atom. The number of piperazine rings is 1. The van der Waals surface area contributed by atoms with Gasteiger partial charge in [0.05, 0.1) is 18.7 Å². The molecule has 0 aromatic heterocycles. The van der Waals surface area contributed by atoms with E-state index in [0.717, 1.165) is 12.8 Å². The van der Waals surface area contributed by atoms with Gasteiger partial charge in [-0.1, -0.05) is 0 Å². The van der Waals surface area contributed by atoms with Crippen LogP contribution in [0.3, 0.4) is 0 Å². The lowest BCUT2D eigenvalue weighted by atomic mass is 9.92. The van der Waals surface area contributed by atoms with Gasteiger partial charge >= 0.3 is 0 Å². The van der Waals surface area contributed by atoms with E-state index in [9.17, 15) is 9.59 Å². The number of carbonyl (C=O) groups excluding carboxylic acids is 2. The van der Waals surface area contributed by atoms with Crippen molar-refractivity contribution in [1.29, 1.82) is 0 Å². The molecule has 1 N–H and O–H groups in total. The minimum absolute atomic E-state index is 0.0160. The van der Waals surface area contributed by atoms with Crippen LogP contribution in [-0.4, -0.2) is 48.1 Å². The second-order valence-corrected chi connectivity index (χ2v) is 5.05. The Labute approximate surface area is 95.1 Å². The molecule has 2 amide bonds. The first-order valence-electron chi connectivity index (χ1n) is 5.68. The molecule has 1 atom stereocenters. The Bertz CT molecular complexity index is 314. The molecule has 0 bridgehead atoms. The Kier molecular flexibility index (Phi) is 2.88. The van der Waals surface area contributed by atoms with E-state index in [2.05, 4.69) is 5.32 Å². The summed E-state index contributed by atoms with van der Waals surface area (Å²) in [6, 6.07) is 0.141. The van der Waals surface area contributed by atoms with Crippen molar-refractivity contribution in [3.63, 3.8) is 0 Å². The first-order valence-corrected chi connectivity index (χ1v) is 5.68. The maximum atomic E-state index is 11.7. The Balaban J connectivity index is 2.05. The lowest BCUT2D eigenvalue weighted by molar-refractivity contribution is -0.148. The summed E-state index contributed by atoms with van der Waals surface area (Å²) in [6.07, 6.45) is 1.62. The van der Waals surface area contributed by atoms with Crippen LogP contribution < -0.4 is 5.32 Å². The van der Waals surface area contributed by atoms with Crippen LogP contribution >= 0.6 is 0 Å². The van der Waals surface area contributed by atoms with Gasteiger partial charge in [-0.2, -0.15) is 0 Å². The molecule has 0 radical (unpaired) electrons. The number of nitrogens with zero attached hydrogens (tertiary/aromatic N) is 1. The predicted octanol–water partition coefficient (Wildman–Crippen LogP) is -0.0976. The van der Waals surface area contributed by atoms with Crippen LogP contribution in [0.5, 0.6) is 0 Å². The summed E-state index contributed by atoms with van der Waals surface area (Å²) in [5.74, 6) is -0.0498. The molecule has 0 aromatic rings. The van der Waals surface area contributed by atoms with Crippen molar-refractivity contribution >= 4 is 11.8 Å². The molecule has 0 aliphatic carbocycles. The molecule has 2 fully saturated rings. The zero-order valence-electron chi connectivity index (χ0n) is 9.78. The van der Waals surface area contributed by atoms with E-state index in [1.54, 1.807) is 4.90 Å². The second-order valence-electron chi connectivity index (χ2n) is 5.05. The van der Waals surface area contributed by atoms with Crippen LogP contribution in [0.2, 0.25) is 0 Å². The van der Waals surface area contributed by atoms with Crippen LogP contribution in [0.25, 0.3) is 0 Å². The molecule has 0 aromatic carbocycles. The molecule has 2 aliphatic rings. The molecular weight excluding hydrogens is 208 g/mol. The van der Waals surface area contributed by atoms with Crippen LogP contribution in [0.4, 0.5) is 0 Å². The summed E-state index contributed by atoms with van der Waals surface area (Å²) in [5.41, 5.74) is -0.197. The highest BCUT2D eigenvalue weighted by molar-refractivity contribution is 5.92. The van der Waals surface area contributed by atoms with Crippen LogP contribution in [0, 0.1) is 0 Å². The standard InChI is InChI=1S/C11H18N2O3/c1-11(2)5-8(3-4-16-11)13-7-9(14)12-6-10(13)15/h8H,3-7H2,1-2H3,(H,12,14). The fourth-order valence-corrected chi connectivity index (χ4v) is 2.37. The van der Waals surface area contributed by atoms with Crippen LogP contribution in [0.1, 0.15) is 26.7 Å². The minimum atomic E-state index is -0.197. The topological polar surface area (TPSA) is 58.6 Å². The van der Waals surface area contributed by atoms with Gasteiger partial charge in [-0.3, -0.25) is 9.59 Å². The summed E-state index contributed by atoms with van der Waals surface area (Å²) in [7, 11) is 0. The second kappa shape index (κ2) is 4.05. The largest absolute Gasteiger partial charge is 0.375 e. The van der Waals surface area contributed by atoms with Gasteiger partial charge in [0, 0.05) is 12.6 Å². The molecular formula is C11H18N2O3. The number of amides is 2. The van der Waals surface area contributed by atoms with Gasteiger partial charge in [0.1, 0.15) is 0 Å². The molecule has 16 heavy (non-hydrogen) atoms. The number of carbonyl (C=O) groups is 2. The monoisotopic (exact) mass is 226 g/mol. The van der Waals surface area contributed by atoms with Gasteiger partial charge in [0.2, 0.25) is 11.8 Å². The van der Waals surface area contributed by atoms with E-state index in [-0.39, 0.29) is 36.5 Å². The van der Waals surface area contributed by atoms with Crippen molar-refractivity contribution in [1.82, 2.24) is 10.2 Å². The normalized spacial score (nSPS) is 30.1. The van der Waals surface area contributed by atoms with Crippen molar-refractivity contribution in [2.24, 2.45) is 0 Å². The zero-order valence-corrected chi connectivity index (χ0v) is 9.78. The third-order valence-corrected chi connectivity index (χ3v) is 3.18. The molecule has 1 unspecified atom stereocenters. The van der Waals surface area contributed by atoms with Crippen molar-refractivity contribution in [3.8, 4) is 0 Å². The molecule has 2 heterocycles. The third-order valence-electron chi connectivity index (χ3n) is 3.18. The number of nitrogens with one attached hydrogen (secondary N) is 1. The molecule has 2 aliphatic heterocycles. The van der Waals surface area contributed by atoms with E-state index in [0.29, 0.717) is 6.61 Å². The number of hydrogen-bond acceptors (Lipinski definition) is 3. The van der Waals surface area contributed by atoms with E-state index in [1.165, 1.54) is 0 Å². The molecule has 90 valence electrons. The highest BCUT2D eigenvalue weighted by Gasteiger charge is 2.36. The summed E-state index contributed by atoms with van der Waals surface area (Å²) < 4.78 is 5.61. The Morgan fingerprint density at radius 2 is 2.19 bits per heavy atom. The summed E-state index contributed by atoms with van der Waals surface area (Å²) in [5, 5.41) is 2.56. The van der Waals surface area contributed by atoms with Gasteiger partial charge in [-0.25, -0.2) is 0 Å². The molecule has 0 saturated carbocycles. The third kappa shape index (κ3) is 2.35. The van der Waals surface area contributed by atoms with E-state index >= 15 is 0 Å². The van der Waals surface area contributed by atoms with Crippen molar-refractivity contribution in [2.75, 3.05) is 19.7 Å². The van der Waals surface area contributed by atoms with Gasteiger partial charge in [-0.15, -0.1) is 0 Å². The fraction of sp³-hybridized carbons (Fsp3) is 0.818. The van der Waals surface area contributed by atoms with Crippen LogP contribution in [0.15, 0.2) is 0 Å². The lowest BCUT2D eigenvalue weighted by Crippen LogP contribution is -2.57. The molecule has 2 saturated heterocycles. The van der Waals surface area contributed by atoms with Gasteiger partial charge < -0.3 is 15.0 Å². The van der Waals surface area contributed by atoms with Crippen molar-refractivity contribution in [3.05, 3.63) is 0 Å². The molecule has 0 spiro atoms. The zero-order chi connectivity index (χ0) is 11.8. The highest BCUT2D eigenvalue weighted by Crippen LogP contribution is 2.27. The first-order chi connectivity index (χ1) is 7.48. The quantitative estimate of drug-likeness (QED) is 0.679. The summed E-state index contributed by atoms with van der Waals surface area (Å²) in [6.45, 7) is 5.03. The molecule has 5 heteroatoms. The minimum Gasteiger partial charge on any atom is -0.375 e. The Hall–Kier alpha value is -1.10. The lowest BCUT2D eigenvalue weighted by Gasteiger charge is -2.42. The van der Waals surface area contributed by atoms with E-state index in [4.69, 9.17) is 4.74 Å². The maximum Gasteiger partial charge on any atom is 0.242 e. The predicted molar refractivity (Wildman–Crippen MR) is 57.8 cm³/mol. The van der Waals surface area contributed by atoms with Crippen molar-refractivity contribution < 1.29 is 14.3 Å². The average Bonchev–Trinajstić information content (AvgIpc) is 2.20. The van der Waals surface area contributed by atoms with Crippen molar-refractivity contribution in [2.45, 2.75) is 38.3 Å². The van der Waals surface area contributed by atoms with Gasteiger partial charge in [-0.05, 0) is 26.7 Å². The number of rotatable bonds is 1. The van der Waals surface area contributed by atoms with E-state index in [1.807, 2.05) is 13.8 Å². The summed E-state index contributed by atoms with van der Waals surface area (Å²) in [4.78, 5) is 24.7. The highest BCUT2D eigenvalue weighted by atomic mass is 16.5. The van der Waals surface area contributed by atoms with Crippen LogP contribution in [-0.2, 0) is 14.3 Å². The fourth-order valence-electron chi connectivity index (χ4n) is 2.37. The number of ether oxygens (including phenoxy) is 1. The summed E-state index contributed by atoms with van der Waals surface area (Å²) >= 11 is 0. The molecule has 2 rings (SSSR count). The van der Waals surface area contributed by atoms with Gasteiger partial charge in [0.25, 0.3) is 0 Å². The SMILES string of the molecule is CC1(C)CC(N2CC(=O)NCC2=O)CCO1. The smallest absolute Gasteiger partial charge is 0.242 e.